The second-order valence-electron chi connectivity index (χ2n) is 7.48. The van der Waals surface area contributed by atoms with Crippen LogP contribution in [0.15, 0.2) is 78.9 Å². The van der Waals surface area contributed by atoms with Crippen molar-refractivity contribution < 1.29 is 14.3 Å². The molecule has 30 heavy (non-hydrogen) atoms. The zero-order valence-corrected chi connectivity index (χ0v) is 17.8. The quantitative estimate of drug-likeness (QED) is 0.423. The summed E-state index contributed by atoms with van der Waals surface area (Å²) in [5.41, 5.74) is 5.34. The summed E-state index contributed by atoms with van der Waals surface area (Å²) in [6.45, 7) is 4.21. The van der Waals surface area contributed by atoms with Gasteiger partial charge in [-0.1, -0.05) is 65.7 Å². The van der Waals surface area contributed by atoms with Gasteiger partial charge in [0.15, 0.2) is 0 Å². The Morgan fingerprint density at radius 3 is 2.23 bits per heavy atom. The molecule has 0 heterocycles. The number of benzene rings is 3. The molecule has 0 fully saturated rings. The number of methoxy groups -OCH3 is 1. The standard InChI is InChI=1S/C27H28O3/c1-20-17-21(2)19-23(18-20)10-14-26(13-9-22-7-5-4-6-8-22)30-27(28)24-11-15-25(29-3)16-12-24/h4-9,11-13,15-19,26H,10,14H2,1-3H3/b13-9+/t26-/m0/s1. The topological polar surface area (TPSA) is 35.5 Å². The fourth-order valence-electron chi connectivity index (χ4n) is 3.43. The van der Waals surface area contributed by atoms with Crippen molar-refractivity contribution in [2.45, 2.75) is 32.8 Å². The summed E-state index contributed by atoms with van der Waals surface area (Å²) >= 11 is 0. The Balaban J connectivity index is 1.73. The molecule has 3 heteroatoms. The summed E-state index contributed by atoms with van der Waals surface area (Å²) in [5, 5.41) is 0. The van der Waals surface area contributed by atoms with Gasteiger partial charge in [-0.2, -0.15) is 0 Å². The van der Waals surface area contributed by atoms with Crippen molar-refractivity contribution in [2.75, 3.05) is 7.11 Å². The average molecular weight is 401 g/mol. The molecule has 0 aromatic heterocycles. The Morgan fingerprint density at radius 1 is 0.933 bits per heavy atom. The van der Waals surface area contributed by atoms with Crippen LogP contribution in [-0.4, -0.2) is 19.2 Å². The molecule has 3 nitrogen and oxygen atoms in total. The van der Waals surface area contributed by atoms with E-state index in [2.05, 4.69) is 32.0 Å². The molecule has 1 atom stereocenters. The molecule has 0 spiro atoms. The third-order valence-corrected chi connectivity index (χ3v) is 4.89. The first-order valence-corrected chi connectivity index (χ1v) is 10.2. The molecular formula is C27H28O3. The maximum Gasteiger partial charge on any atom is 0.338 e. The summed E-state index contributed by atoms with van der Waals surface area (Å²) in [4.78, 5) is 12.7. The van der Waals surface area contributed by atoms with Gasteiger partial charge in [-0.05, 0) is 68.2 Å². The molecule has 0 aliphatic heterocycles. The number of hydrogen-bond acceptors (Lipinski definition) is 3. The fourth-order valence-corrected chi connectivity index (χ4v) is 3.43. The van der Waals surface area contributed by atoms with Gasteiger partial charge in [0.1, 0.15) is 11.9 Å². The van der Waals surface area contributed by atoms with E-state index in [0.717, 1.165) is 12.0 Å². The van der Waals surface area contributed by atoms with E-state index in [1.165, 1.54) is 16.7 Å². The van der Waals surface area contributed by atoms with Crippen molar-refractivity contribution in [3.63, 3.8) is 0 Å². The molecule has 0 unspecified atom stereocenters. The van der Waals surface area contributed by atoms with Crippen molar-refractivity contribution in [3.8, 4) is 5.75 Å². The van der Waals surface area contributed by atoms with E-state index in [-0.39, 0.29) is 12.1 Å². The van der Waals surface area contributed by atoms with Crippen molar-refractivity contribution in [3.05, 3.63) is 107 Å². The van der Waals surface area contributed by atoms with Crippen LogP contribution >= 0.6 is 0 Å². The molecule has 0 N–H and O–H groups in total. The summed E-state index contributed by atoms with van der Waals surface area (Å²) < 4.78 is 11.0. The van der Waals surface area contributed by atoms with Gasteiger partial charge in [-0.15, -0.1) is 0 Å². The average Bonchev–Trinajstić information content (AvgIpc) is 2.75. The largest absolute Gasteiger partial charge is 0.497 e. The van der Waals surface area contributed by atoms with Gasteiger partial charge in [-0.25, -0.2) is 4.79 Å². The Kier molecular flexibility index (Phi) is 7.45. The molecule has 3 aromatic carbocycles. The number of hydrogen-bond donors (Lipinski definition) is 0. The maximum atomic E-state index is 12.7. The number of rotatable bonds is 8. The number of ether oxygens (including phenoxy) is 2. The van der Waals surface area contributed by atoms with Crippen LogP contribution in [0.25, 0.3) is 6.08 Å². The molecule has 154 valence electrons. The second-order valence-corrected chi connectivity index (χ2v) is 7.48. The SMILES string of the molecule is COc1ccc(C(=O)O[C@@H](/C=C/c2ccccc2)CCc2cc(C)cc(C)c2)cc1. The van der Waals surface area contributed by atoms with Crippen LogP contribution in [0.5, 0.6) is 5.75 Å². The van der Waals surface area contributed by atoms with E-state index in [1.54, 1.807) is 31.4 Å². The van der Waals surface area contributed by atoms with E-state index in [1.807, 2.05) is 42.5 Å². The first kappa shape index (κ1) is 21.4. The first-order chi connectivity index (χ1) is 14.5. The lowest BCUT2D eigenvalue weighted by molar-refractivity contribution is 0.0382. The minimum Gasteiger partial charge on any atom is -0.497 e. The highest BCUT2D eigenvalue weighted by Gasteiger charge is 2.14. The van der Waals surface area contributed by atoms with Gasteiger partial charge in [0.25, 0.3) is 0 Å². The normalized spacial score (nSPS) is 12.0. The van der Waals surface area contributed by atoms with Crippen molar-refractivity contribution in [1.29, 1.82) is 0 Å². The third-order valence-electron chi connectivity index (χ3n) is 4.89. The van der Waals surface area contributed by atoms with E-state index in [9.17, 15) is 4.79 Å². The molecule has 3 rings (SSSR count). The van der Waals surface area contributed by atoms with Gasteiger partial charge in [0, 0.05) is 0 Å². The van der Waals surface area contributed by atoms with Gasteiger partial charge in [0.05, 0.1) is 12.7 Å². The lowest BCUT2D eigenvalue weighted by Gasteiger charge is -2.15. The molecule has 0 amide bonds. The van der Waals surface area contributed by atoms with Crippen LogP contribution in [0.1, 0.15) is 39.0 Å². The maximum absolute atomic E-state index is 12.7. The van der Waals surface area contributed by atoms with Crippen LogP contribution in [0.2, 0.25) is 0 Å². The van der Waals surface area contributed by atoms with Crippen LogP contribution in [0.3, 0.4) is 0 Å². The summed E-state index contributed by atoms with van der Waals surface area (Å²) in [5.74, 6) is 0.377. The molecule has 3 aromatic rings. The van der Waals surface area contributed by atoms with Gasteiger partial charge in [0.2, 0.25) is 0 Å². The van der Waals surface area contributed by atoms with Crippen molar-refractivity contribution in [2.24, 2.45) is 0 Å². The van der Waals surface area contributed by atoms with Gasteiger partial charge in [-0.3, -0.25) is 0 Å². The van der Waals surface area contributed by atoms with E-state index in [4.69, 9.17) is 9.47 Å². The summed E-state index contributed by atoms with van der Waals surface area (Å²) in [7, 11) is 1.60. The zero-order chi connectivity index (χ0) is 21.3. The number of carbonyl (C=O) groups is 1. The minimum atomic E-state index is -0.333. The molecular weight excluding hydrogens is 372 g/mol. The first-order valence-electron chi connectivity index (χ1n) is 10.2. The molecule has 0 saturated heterocycles. The minimum absolute atomic E-state index is 0.319. The van der Waals surface area contributed by atoms with Gasteiger partial charge < -0.3 is 9.47 Å². The van der Waals surface area contributed by atoms with Crippen molar-refractivity contribution >= 4 is 12.0 Å². The Labute approximate surface area is 179 Å². The Bertz CT molecular complexity index is 968. The Hall–Kier alpha value is -3.33. The summed E-state index contributed by atoms with van der Waals surface area (Å²) in [6.07, 6.45) is 5.21. The molecule has 0 radical (unpaired) electrons. The van der Waals surface area contributed by atoms with Crippen molar-refractivity contribution in [1.82, 2.24) is 0 Å². The highest BCUT2D eigenvalue weighted by molar-refractivity contribution is 5.89. The Morgan fingerprint density at radius 2 is 1.60 bits per heavy atom. The fraction of sp³-hybridized carbons (Fsp3) is 0.222. The van der Waals surface area contributed by atoms with Crippen LogP contribution < -0.4 is 4.74 Å². The second kappa shape index (κ2) is 10.4. The monoisotopic (exact) mass is 400 g/mol. The lowest BCUT2D eigenvalue weighted by Crippen LogP contribution is -2.17. The number of esters is 1. The van der Waals surface area contributed by atoms with Crippen LogP contribution in [-0.2, 0) is 11.2 Å². The van der Waals surface area contributed by atoms with Gasteiger partial charge >= 0.3 is 5.97 Å². The summed E-state index contributed by atoms with van der Waals surface area (Å²) in [6, 6.07) is 23.6. The van der Waals surface area contributed by atoms with Crippen LogP contribution in [0.4, 0.5) is 0 Å². The molecule has 0 bridgehead atoms. The molecule has 0 aliphatic carbocycles. The third kappa shape index (κ3) is 6.35. The van der Waals surface area contributed by atoms with E-state index in [0.29, 0.717) is 17.7 Å². The zero-order valence-electron chi connectivity index (χ0n) is 17.8. The number of carbonyl (C=O) groups excluding carboxylic acids is 1. The molecule has 0 aliphatic rings. The van der Waals surface area contributed by atoms with Crippen LogP contribution in [0, 0.1) is 13.8 Å². The highest BCUT2D eigenvalue weighted by atomic mass is 16.5. The number of aryl methyl sites for hydroxylation is 3. The highest BCUT2D eigenvalue weighted by Crippen LogP contribution is 2.17. The lowest BCUT2D eigenvalue weighted by atomic mass is 10.0. The molecule has 0 saturated carbocycles. The van der Waals surface area contributed by atoms with E-state index >= 15 is 0 Å². The predicted octanol–water partition coefficient (Wildman–Crippen LogP) is 6.18. The predicted molar refractivity (Wildman–Crippen MR) is 122 cm³/mol. The van der Waals surface area contributed by atoms with E-state index < -0.39 is 0 Å². The smallest absolute Gasteiger partial charge is 0.338 e.